The molecule has 0 amide bonds. The van der Waals surface area contributed by atoms with Crippen LogP contribution in [-0.4, -0.2) is 9.61 Å². The number of aromatic nitrogens is 2. The predicted molar refractivity (Wildman–Crippen MR) is 61.1 cm³/mol. The number of nitrogens with one attached hydrogen (secondary N) is 1. The van der Waals surface area contributed by atoms with E-state index in [2.05, 4.69) is 25.9 Å². The normalized spacial score (nSPS) is 12.2. The van der Waals surface area contributed by atoms with Gasteiger partial charge in [-0.1, -0.05) is 20.8 Å². The van der Waals surface area contributed by atoms with Crippen LogP contribution in [-0.2, 0) is 5.41 Å². The summed E-state index contributed by atoms with van der Waals surface area (Å²) in [5.74, 6) is 0. The molecule has 3 N–H and O–H groups in total. The van der Waals surface area contributed by atoms with Gasteiger partial charge in [0, 0.05) is 17.2 Å². The average Bonchev–Trinajstić information content (AvgIpc) is 2.47. The number of nitrogens with zero attached hydrogens (tertiary/aromatic N) is 1. The Labute approximate surface area is 87.7 Å². The molecule has 4 heteroatoms. The van der Waals surface area contributed by atoms with Crippen molar-refractivity contribution in [2.24, 2.45) is 0 Å². The van der Waals surface area contributed by atoms with E-state index in [1.165, 1.54) is 0 Å². The zero-order valence-corrected chi connectivity index (χ0v) is 9.16. The number of rotatable bonds is 0. The van der Waals surface area contributed by atoms with Crippen molar-refractivity contribution in [1.29, 1.82) is 0 Å². The van der Waals surface area contributed by atoms with E-state index in [9.17, 15) is 4.79 Å². The van der Waals surface area contributed by atoms with Crippen LogP contribution in [0.2, 0.25) is 0 Å². The highest BCUT2D eigenvalue weighted by atomic mass is 16.1. The van der Waals surface area contributed by atoms with E-state index in [4.69, 9.17) is 5.73 Å². The summed E-state index contributed by atoms with van der Waals surface area (Å²) in [6, 6.07) is 3.52. The number of anilines is 1. The molecule has 0 aliphatic heterocycles. The van der Waals surface area contributed by atoms with Crippen molar-refractivity contribution in [2.45, 2.75) is 26.2 Å². The van der Waals surface area contributed by atoms with E-state index in [1.54, 1.807) is 16.8 Å². The van der Waals surface area contributed by atoms with Gasteiger partial charge >= 0.3 is 0 Å². The molecule has 0 saturated carbocycles. The van der Waals surface area contributed by atoms with Crippen LogP contribution >= 0.6 is 0 Å². The van der Waals surface area contributed by atoms with Gasteiger partial charge in [-0.3, -0.25) is 14.4 Å². The third-order valence-corrected chi connectivity index (χ3v) is 2.45. The second-order valence-corrected chi connectivity index (χ2v) is 4.81. The van der Waals surface area contributed by atoms with Crippen molar-refractivity contribution in [1.82, 2.24) is 9.61 Å². The van der Waals surface area contributed by atoms with Gasteiger partial charge in [0.05, 0.1) is 17.4 Å². The first-order valence-electron chi connectivity index (χ1n) is 4.89. The number of nitrogen functional groups attached to an aromatic ring is 1. The zero-order valence-electron chi connectivity index (χ0n) is 9.16. The summed E-state index contributed by atoms with van der Waals surface area (Å²) >= 11 is 0. The van der Waals surface area contributed by atoms with Crippen molar-refractivity contribution in [3.05, 3.63) is 34.2 Å². The second kappa shape index (κ2) is 2.89. The molecule has 0 aromatic carbocycles. The van der Waals surface area contributed by atoms with Crippen LogP contribution in [0.4, 0.5) is 5.69 Å². The van der Waals surface area contributed by atoms with Gasteiger partial charge in [0.15, 0.2) is 0 Å². The van der Waals surface area contributed by atoms with E-state index in [0.717, 1.165) is 11.2 Å². The van der Waals surface area contributed by atoms with Gasteiger partial charge in [0.25, 0.3) is 0 Å². The van der Waals surface area contributed by atoms with Crippen molar-refractivity contribution >= 4 is 11.2 Å². The summed E-state index contributed by atoms with van der Waals surface area (Å²) in [4.78, 5) is 11.3. The topological polar surface area (TPSA) is 63.3 Å². The predicted octanol–water partition coefficient (Wildman–Crippen LogP) is 1.51. The van der Waals surface area contributed by atoms with Gasteiger partial charge in [0.1, 0.15) is 0 Å². The third-order valence-electron chi connectivity index (χ3n) is 2.45. The first-order chi connectivity index (χ1) is 6.88. The number of aromatic amines is 1. The Morgan fingerprint density at radius 2 is 2.00 bits per heavy atom. The third kappa shape index (κ3) is 1.63. The zero-order chi connectivity index (χ0) is 11.2. The standard InChI is InChI=1S/C11H15N3O/c1-11(2,3)10-5-7-4-9(15)8(12)6-14(7)13-10/h4-6,13H,12H2,1-3H3. The lowest BCUT2D eigenvalue weighted by molar-refractivity contribution is 0.563. The lowest BCUT2D eigenvalue weighted by atomic mass is 9.92. The molecule has 4 nitrogen and oxygen atoms in total. The molecule has 0 fully saturated rings. The molecule has 2 heterocycles. The van der Waals surface area contributed by atoms with Gasteiger partial charge < -0.3 is 5.73 Å². The molecular formula is C11H15N3O. The Balaban J connectivity index is 2.72. The minimum absolute atomic E-state index is 0.0316. The molecule has 2 aromatic heterocycles. The minimum Gasteiger partial charge on any atom is -0.394 e. The maximum atomic E-state index is 11.3. The van der Waals surface area contributed by atoms with Crippen molar-refractivity contribution < 1.29 is 0 Å². The van der Waals surface area contributed by atoms with Crippen LogP contribution in [0.5, 0.6) is 0 Å². The summed E-state index contributed by atoms with van der Waals surface area (Å²) in [6.45, 7) is 6.33. The fraction of sp³-hybridized carbons (Fsp3) is 0.364. The highest BCUT2D eigenvalue weighted by molar-refractivity contribution is 5.53. The maximum Gasteiger partial charge on any atom is 0.205 e. The molecule has 0 atom stereocenters. The molecular weight excluding hydrogens is 190 g/mol. The lowest BCUT2D eigenvalue weighted by Crippen LogP contribution is -2.12. The number of H-pyrrole nitrogens is 1. The number of nitrogens with two attached hydrogens (primary N) is 1. The highest BCUT2D eigenvalue weighted by Gasteiger charge is 2.16. The fourth-order valence-electron chi connectivity index (χ4n) is 1.47. The van der Waals surface area contributed by atoms with Gasteiger partial charge in [-0.25, -0.2) is 0 Å². The highest BCUT2D eigenvalue weighted by Crippen LogP contribution is 2.21. The molecule has 80 valence electrons. The summed E-state index contributed by atoms with van der Waals surface area (Å²) in [6.07, 6.45) is 1.62. The Bertz CT molecular complexity index is 557. The number of hydrogen-bond donors (Lipinski definition) is 2. The van der Waals surface area contributed by atoms with Crippen molar-refractivity contribution in [2.75, 3.05) is 5.73 Å². The van der Waals surface area contributed by atoms with E-state index in [-0.39, 0.29) is 16.5 Å². The second-order valence-electron chi connectivity index (χ2n) is 4.81. The summed E-state index contributed by atoms with van der Waals surface area (Å²) < 4.78 is 1.78. The molecule has 0 spiro atoms. The van der Waals surface area contributed by atoms with Crippen LogP contribution in [0.25, 0.3) is 5.52 Å². The number of pyridine rings is 1. The number of hydrogen-bond acceptors (Lipinski definition) is 2. The van der Waals surface area contributed by atoms with Gasteiger partial charge in [0.2, 0.25) is 5.43 Å². The van der Waals surface area contributed by atoms with Crippen LogP contribution in [0.3, 0.4) is 0 Å². The van der Waals surface area contributed by atoms with E-state index >= 15 is 0 Å². The van der Waals surface area contributed by atoms with E-state index in [0.29, 0.717) is 0 Å². The average molecular weight is 205 g/mol. The summed E-state index contributed by atoms with van der Waals surface area (Å²) in [5.41, 5.74) is 7.63. The largest absolute Gasteiger partial charge is 0.394 e. The van der Waals surface area contributed by atoms with Crippen molar-refractivity contribution in [3.8, 4) is 0 Å². The molecule has 0 unspecified atom stereocenters. The molecule has 0 radical (unpaired) electrons. The van der Waals surface area contributed by atoms with Gasteiger partial charge in [-0.2, -0.15) is 0 Å². The monoisotopic (exact) mass is 205 g/mol. The summed E-state index contributed by atoms with van der Waals surface area (Å²) in [7, 11) is 0. The Hall–Kier alpha value is -1.71. The van der Waals surface area contributed by atoms with E-state index < -0.39 is 0 Å². The minimum atomic E-state index is -0.130. The first-order valence-corrected chi connectivity index (χ1v) is 4.89. The summed E-state index contributed by atoms with van der Waals surface area (Å²) in [5, 5.41) is 3.20. The fourth-order valence-corrected chi connectivity index (χ4v) is 1.47. The molecule has 0 saturated heterocycles. The number of fused-ring (bicyclic) bond motifs is 1. The maximum absolute atomic E-state index is 11.3. The van der Waals surface area contributed by atoms with Crippen molar-refractivity contribution in [3.63, 3.8) is 0 Å². The first kappa shape index (κ1) is 9.83. The Kier molecular flexibility index (Phi) is 1.89. The molecule has 0 aliphatic carbocycles. The molecule has 0 bridgehead atoms. The molecule has 2 rings (SSSR count). The lowest BCUT2D eigenvalue weighted by Gasteiger charge is -2.15. The van der Waals surface area contributed by atoms with Crippen LogP contribution in [0, 0.1) is 0 Å². The SMILES string of the molecule is CC(C)(C)c1cc2cc(=O)c(N)cn2[nH]1. The van der Waals surface area contributed by atoms with Crippen LogP contribution < -0.4 is 11.2 Å². The van der Waals surface area contributed by atoms with Crippen LogP contribution in [0.15, 0.2) is 23.1 Å². The van der Waals surface area contributed by atoms with Crippen LogP contribution in [0.1, 0.15) is 26.5 Å². The molecule has 15 heavy (non-hydrogen) atoms. The Morgan fingerprint density at radius 1 is 1.33 bits per heavy atom. The molecule has 2 aromatic rings. The molecule has 0 aliphatic rings. The van der Waals surface area contributed by atoms with E-state index in [1.807, 2.05) is 6.07 Å². The quantitative estimate of drug-likeness (QED) is 0.684. The van der Waals surface area contributed by atoms with Gasteiger partial charge in [-0.15, -0.1) is 0 Å². The van der Waals surface area contributed by atoms with Gasteiger partial charge in [-0.05, 0) is 6.07 Å². The Morgan fingerprint density at radius 3 is 2.60 bits per heavy atom. The smallest absolute Gasteiger partial charge is 0.205 e.